The van der Waals surface area contributed by atoms with Crippen LogP contribution in [0, 0.1) is 10.7 Å². The van der Waals surface area contributed by atoms with Crippen LogP contribution >= 0.6 is 0 Å². The highest BCUT2D eigenvalue weighted by atomic mass is 32.2. The number of nitrogens with one attached hydrogen (secondary N) is 1. The molecular formula is C12H22N2O2S. The summed E-state index contributed by atoms with van der Waals surface area (Å²) in [6, 6.07) is 0.0365. The number of carbonyl (C=O) groups excluding carboxylic acids is 1. The van der Waals surface area contributed by atoms with Gasteiger partial charge in [-0.3, -0.25) is 9.57 Å². The van der Waals surface area contributed by atoms with Crippen molar-refractivity contribution < 1.29 is 9.00 Å². The van der Waals surface area contributed by atoms with Crippen LogP contribution in [0.2, 0.25) is 0 Å². The van der Waals surface area contributed by atoms with Gasteiger partial charge in [0.1, 0.15) is 0 Å². The Labute approximate surface area is 104 Å². The first kappa shape index (κ1) is 12.9. The second-order valence-electron chi connectivity index (χ2n) is 5.41. The molecule has 0 spiro atoms. The molecule has 2 aliphatic rings. The molecule has 0 aromatic rings. The number of hydrogen-bond donors (Lipinski definition) is 1. The molecular weight excluding hydrogens is 236 g/mol. The molecule has 1 amide bonds. The van der Waals surface area contributed by atoms with Crippen molar-refractivity contribution in [2.75, 3.05) is 18.6 Å². The Morgan fingerprint density at radius 3 is 2.41 bits per heavy atom. The average Bonchev–Trinajstić information content (AvgIpc) is 2.69. The molecule has 1 saturated carbocycles. The van der Waals surface area contributed by atoms with Crippen molar-refractivity contribution >= 4 is 15.6 Å². The third-order valence-corrected chi connectivity index (χ3v) is 5.91. The fraction of sp³-hybridized carbons (Fsp3) is 0.917. The van der Waals surface area contributed by atoms with E-state index in [0.717, 1.165) is 32.1 Å². The molecule has 4 nitrogen and oxygen atoms in total. The molecule has 1 heterocycles. The van der Waals surface area contributed by atoms with Crippen molar-refractivity contribution in [3.05, 3.63) is 0 Å². The zero-order chi connectivity index (χ0) is 12.5. The fourth-order valence-electron chi connectivity index (χ4n) is 2.93. The van der Waals surface area contributed by atoms with Gasteiger partial charge < -0.3 is 4.90 Å². The van der Waals surface area contributed by atoms with Gasteiger partial charge in [-0.25, -0.2) is 4.21 Å². The minimum atomic E-state index is -2.40. The third-order valence-electron chi connectivity index (χ3n) is 4.09. The summed E-state index contributed by atoms with van der Waals surface area (Å²) in [4.78, 5) is 14.0. The predicted molar refractivity (Wildman–Crippen MR) is 68.3 cm³/mol. The highest BCUT2D eigenvalue weighted by Crippen LogP contribution is 2.27. The van der Waals surface area contributed by atoms with Crippen molar-refractivity contribution in [1.29, 1.82) is 4.78 Å². The van der Waals surface area contributed by atoms with Gasteiger partial charge in [-0.05, 0) is 19.3 Å². The van der Waals surface area contributed by atoms with Crippen LogP contribution in [0.15, 0.2) is 0 Å². The van der Waals surface area contributed by atoms with Gasteiger partial charge in [0.2, 0.25) is 5.91 Å². The lowest BCUT2D eigenvalue weighted by molar-refractivity contribution is -0.136. The van der Waals surface area contributed by atoms with Crippen molar-refractivity contribution in [2.24, 2.45) is 5.92 Å². The molecule has 1 N–H and O–H groups in total. The van der Waals surface area contributed by atoms with E-state index in [1.54, 1.807) is 4.90 Å². The normalized spacial score (nSPS) is 34.8. The molecule has 0 aromatic heterocycles. The topological polar surface area (TPSA) is 61.2 Å². The summed E-state index contributed by atoms with van der Waals surface area (Å²) in [6.07, 6.45) is 6.31. The van der Waals surface area contributed by atoms with Gasteiger partial charge in [0.05, 0.1) is 5.75 Å². The van der Waals surface area contributed by atoms with E-state index >= 15 is 0 Å². The lowest BCUT2D eigenvalue weighted by atomic mass is 9.88. The summed E-state index contributed by atoms with van der Waals surface area (Å²) < 4.78 is 19.2. The lowest BCUT2D eigenvalue weighted by Gasteiger charge is -2.30. The van der Waals surface area contributed by atoms with Crippen LogP contribution in [0.3, 0.4) is 0 Å². The minimum absolute atomic E-state index is 0.0365. The Morgan fingerprint density at radius 1 is 1.24 bits per heavy atom. The van der Waals surface area contributed by atoms with Gasteiger partial charge in [-0.2, -0.15) is 0 Å². The van der Waals surface area contributed by atoms with Gasteiger partial charge >= 0.3 is 0 Å². The van der Waals surface area contributed by atoms with Crippen LogP contribution < -0.4 is 0 Å². The van der Waals surface area contributed by atoms with E-state index in [2.05, 4.69) is 0 Å². The van der Waals surface area contributed by atoms with Crippen molar-refractivity contribution in [3.8, 4) is 0 Å². The van der Waals surface area contributed by atoms with Crippen molar-refractivity contribution in [1.82, 2.24) is 4.90 Å². The molecule has 98 valence electrons. The standard InChI is InChI=1S/C12H22N2O2S/c1-14(11-7-8-17(13,16)9-11)12(15)10-5-3-2-4-6-10/h10-11,13H,2-9H2,1H3. The SMILES string of the molecule is CN(C(=O)C1CCCCC1)C1CCS(=N)(=O)C1. The number of rotatable bonds is 2. The highest BCUT2D eigenvalue weighted by molar-refractivity contribution is 7.92. The fourth-order valence-corrected chi connectivity index (χ4v) is 4.76. The van der Waals surface area contributed by atoms with Gasteiger partial charge in [0, 0.05) is 34.5 Å². The first-order valence-corrected chi connectivity index (χ1v) is 8.40. The summed E-state index contributed by atoms with van der Waals surface area (Å²) in [5.41, 5.74) is 0. The van der Waals surface area contributed by atoms with E-state index in [4.69, 9.17) is 4.78 Å². The highest BCUT2D eigenvalue weighted by Gasteiger charge is 2.33. The average molecular weight is 258 g/mol. The Hall–Kier alpha value is -0.580. The summed E-state index contributed by atoms with van der Waals surface area (Å²) in [7, 11) is -0.577. The predicted octanol–water partition coefficient (Wildman–Crippen LogP) is 1.84. The van der Waals surface area contributed by atoms with Crippen LogP contribution in [0.5, 0.6) is 0 Å². The lowest BCUT2D eigenvalue weighted by Crippen LogP contribution is -2.41. The molecule has 0 radical (unpaired) electrons. The summed E-state index contributed by atoms with van der Waals surface area (Å²) in [6.45, 7) is 0. The Morgan fingerprint density at radius 2 is 1.88 bits per heavy atom. The van der Waals surface area contributed by atoms with Gasteiger partial charge in [0.15, 0.2) is 0 Å². The first-order valence-electron chi connectivity index (χ1n) is 6.50. The maximum Gasteiger partial charge on any atom is 0.225 e. The van der Waals surface area contributed by atoms with Crippen LogP contribution in [0.1, 0.15) is 38.5 Å². The summed E-state index contributed by atoms with van der Waals surface area (Å²) in [5, 5.41) is 0. The van der Waals surface area contributed by atoms with Crippen molar-refractivity contribution in [3.63, 3.8) is 0 Å². The smallest absolute Gasteiger partial charge is 0.225 e. The number of nitrogens with zero attached hydrogens (tertiary/aromatic N) is 1. The van der Waals surface area contributed by atoms with E-state index in [1.807, 2.05) is 7.05 Å². The first-order chi connectivity index (χ1) is 7.99. The zero-order valence-electron chi connectivity index (χ0n) is 10.5. The molecule has 0 bridgehead atoms. The second kappa shape index (κ2) is 4.96. The third kappa shape index (κ3) is 3.00. The second-order valence-corrected chi connectivity index (χ2v) is 7.77. The van der Waals surface area contributed by atoms with Gasteiger partial charge in [-0.15, -0.1) is 0 Å². The monoisotopic (exact) mass is 258 g/mol. The molecule has 1 aliphatic carbocycles. The molecule has 2 atom stereocenters. The van der Waals surface area contributed by atoms with Crippen molar-refractivity contribution in [2.45, 2.75) is 44.6 Å². The van der Waals surface area contributed by atoms with Crippen LogP contribution in [0.4, 0.5) is 0 Å². The molecule has 1 saturated heterocycles. The van der Waals surface area contributed by atoms with Crippen LogP contribution in [-0.2, 0) is 14.5 Å². The van der Waals surface area contributed by atoms with E-state index in [-0.39, 0.29) is 17.9 Å². The largest absolute Gasteiger partial charge is 0.342 e. The van der Waals surface area contributed by atoms with Crippen LogP contribution in [-0.4, -0.2) is 39.6 Å². The molecule has 2 fully saturated rings. The van der Waals surface area contributed by atoms with E-state index < -0.39 is 9.73 Å². The number of amides is 1. The molecule has 5 heteroatoms. The molecule has 0 aromatic carbocycles. The Balaban J connectivity index is 1.95. The van der Waals surface area contributed by atoms with E-state index in [1.165, 1.54) is 6.42 Å². The Bertz CT molecular complexity index is 385. The molecule has 2 unspecified atom stereocenters. The number of hydrogen-bond acceptors (Lipinski definition) is 3. The minimum Gasteiger partial charge on any atom is -0.342 e. The van der Waals surface area contributed by atoms with Gasteiger partial charge in [-0.1, -0.05) is 19.3 Å². The summed E-state index contributed by atoms with van der Waals surface area (Å²) >= 11 is 0. The zero-order valence-corrected chi connectivity index (χ0v) is 11.3. The number of carbonyl (C=O) groups is 1. The molecule has 2 rings (SSSR count). The molecule has 17 heavy (non-hydrogen) atoms. The van der Waals surface area contributed by atoms with E-state index in [0.29, 0.717) is 11.5 Å². The quantitative estimate of drug-likeness (QED) is 0.821. The van der Waals surface area contributed by atoms with Crippen LogP contribution in [0.25, 0.3) is 0 Å². The van der Waals surface area contributed by atoms with Gasteiger partial charge in [0.25, 0.3) is 0 Å². The Kier molecular flexibility index (Phi) is 3.76. The summed E-state index contributed by atoms with van der Waals surface area (Å²) in [5.74, 6) is 1.23. The molecule has 1 aliphatic heterocycles. The maximum absolute atomic E-state index is 12.3. The maximum atomic E-state index is 12.3. The van der Waals surface area contributed by atoms with E-state index in [9.17, 15) is 9.00 Å².